The van der Waals surface area contributed by atoms with Crippen LogP contribution in [0, 0.1) is 29.6 Å². The summed E-state index contributed by atoms with van der Waals surface area (Å²) in [6.07, 6.45) is 9.50. The van der Waals surface area contributed by atoms with Crippen LogP contribution in [0.4, 0.5) is 0 Å². The molecule has 2 fully saturated rings. The maximum Gasteiger partial charge on any atom is 0.220 e. The molecule has 3 rings (SSSR count). The van der Waals surface area contributed by atoms with E-state index in [1.54, 1.807) is 12.2 Å². The van der Waals surface area contributed by atoms with Crippen LogP contribution in [0.15, 0.2) is 48.3 Å². The molecule has 3 aliphatic carbocycles. The van der Waals surface area contributed by atoms with Gasteiger partial charge in [0.15, 0.2) is 11.5 Å². The summed E-state index contributed by atoms with van der Waals surface area (Å²) in [5.74, 6) is 2.01. The SMILES string of the molecule is C=C(OC)C(=O)/C=C1/CCC2C(CC[C@@H](C)C3C(=O)C=CC23)C1=C. The molecular weight excluding hydrogens is 300 g/mol. The Bertz CT molecular complexity index is 652. The zero-order valence-electron chi connectivity index (χ0n) is 14.6. The number of methoxy groups -OCH3 is 1. The van der Waals surface area contributed by atoms with Crippen molar-refractivity contribution in [3.63, 3.8) is 0 Å². The summed E-state index contributed by atoms with van der Waals surface area (Å²) in [6, 6.07) is 0. The Hall–Kier alpha value is -1.90. The maximum atomic E-state index is 12.3. The van der Waals surface area contributed by atoms with Crippen LogP contribution in [0.5, 0.6) is 0 Å². The molecule has 0 spiro atoms. The number of carbonyl (C=O) groups excluding carboxylic acids is 2. The molecule has 0 amide bonds. The van der Waals surface area contributed by atoms with Gasteiger partial charge in [0.25, 0.3) is 0 Å². The Morgan fingerprint density at radius 3 is 2.79 bits per heavy atom. The second-order valence-electron chi connectivity index (χ2n) is 7.41. The van der Waals surface area contributed by atoms with Gasteiger partial charge in [-0.2, -0.15) is 0 Å². The largest absolute Gasteiger partial charge is 0.493 e. The first-order chi connectivity index (χ1) is 11.4. The summed E-state index contributed by atoms with van der Waals surface area (Å²) >= 11 is 0. The zero-order chi connectivity index (χ0) is 17.4. The van der Waals surface area contributed by atoms with Crippen molar-refractivity contribution in [1.82, 2.24) is 0 Å². The molecular formula is C21H26O3. The van der Waals surface area contributed by atoms with Gasteiger partial charge in [0.1, 0.15) is 0 Å². The smallest absolute Gasteiger partial charge is 0.220 e. The lowest BCUT2D eigenvalue weighted by molar-refractivity contribution is -0.120. The van der Waals surface area contributed by atoms with Gasteiger partial charge in [-0.25, -0.2) is 0 Å². The molecule has 0 aromatic carbocycles. The van der Waals surface area contributed by atoms with Crippen molar-refractivity contribution < 1.29 is 14.3 Å². The second-order valence-corrected chi connectivity index (χ2v) is 7.41. The molecule has 0 aliphatic heterocycles. The van der Waals surface area contributed by atoms with Crippen LogP contribution < -0.4 is 0 Å². The van der Waals surface area contributed by atoms with Gasteiger partial charge in [0, 0.05) is 5.92 Å². The fourth-order valence-corrected chi connectivity index (χ4v) is 4.85. The van der Waals surface area contributed by atoms with E-state index in [9.17, 15) is 9.59 Å². The topological polar surface area (TPSA) is 43.4 Å². The molecule has 24 heavy (non-hydrogen) atoms. The first-order valence-electron chi connectivity index (χ1n) is 8.83. The molecule has 0 N–H and O–H groups in total. The Morgan fingerprint density at radius 2 is 2.08 bits per heavy atom. The van der Waals surface area contributed by atoms with E-state index in [0.29, 0.717) is 29.5 Å². The molecule has 0 heterocycles. The Labute approximate surface area is 144 Å². The van der Waals surface area contributed by atoms with E-state index in [-0.39, 0.29) is 17.5 Å². The molecule has 3 heteroatoms. The molecule has 0 aromatic heterocycles. The molecule has 2 saturated carbocycles. The van der Waals surface area contributed by atoms with Gasteiger partial charge in [-0.15, -0.1) is 0 Å². The molecule has 5 atom stereocenters. The minimum absolute atomic E-state index is 0.147. The van der Waals surface area contributed by atoms with E-state index in [1.807, 2.05) is 0 Å². The van der Waals surface area contributed by atoms with Gasteiger partial charge >= 0.3 is 0 Å². The number of hydrogen-bond donors (Lipinski definition) is 0. The molecule has 0 aromatic rings. The lowest BCUT2D eigenvalue weighted by Crippen LogP contribution is -2.32. The van der Waals surface area contributed by atoms with Gasteiger partial charge in [-0.05, 0) is 72.7 Å². The zero-order valence-corrected chi connectivity index (χ0v) is 14.6. The van der Waals surface area contributed by atoms with Gasteiger partial charge < -0.3 is 4.74 Å². The second kappa shape index (κ2) is 6.54. The Morgan fingerprint density at radius 1 is 1.33 bits per heavy atom. The van der Waals surface area contributed by atoms with E-state index in [1.165, 1.54) is 7.11 Å². The minimum atomic E-state index is -0.178. The van der Waals surface area contributed by atoms with Gasteiger partial charge in [0.05, 0.1) is 7.11 Å². The summed E-state index contributed by atoms with van der Waals surface area (Å²) in [5.41, 5.74) is 2.10. The van der Waals surface area contributed by atoms with Crippen molar-refractivity contribution in [3.8, 4) is 0 Å². The molecule has 3 aliphatic rings. The van der Waals surface area contributed by atoms with Gasteiger partial charge in [0.2, 0.25) is 5.78 Å². The number of rotatable bonds is 3. The third-order valence-corrected chi connectivity index (χ3v) is 6.22. The quantitative estimate of drug-likeness (QED) is 0.581. The van der Waals surface area contributed by atoms with Crippen molar-refractivity contribution in [2.75, 3.05) is 7.11 Å². The van der Waals surface area contributed by atoms with Crippen molar-refractivity contribution in [2.24, 2.45) is 29.6 Å². The molecule has 0 radical (unpaired) electrons. The van der Waals surface area contributed by atoms with Crippen LogP contribution in [-0.4, -0.2) is 18.7 Å². The Kier molecular flexibility index (Phi) is 4.62. The van der Waals surface area contributed by atoms with E-state index >= 15 is 0 Å². The van der Waals surface area contributed by atoms with E-state index in [2.05, 4.69) is 26.2 Å². The third-order valence-electron chi connectivity index (χ3n) is 6.22. The average molecular weight is 326 g/mol. The first-order valence-corrected chi connectivity index (χ1v) is 8.83. The normalized spacial score (nSPS) is 36.9. The summed E-state index contributed by atoms with van der Waals surface area (Å²) < 4.78 is 4.93. The highest BCUT2D eigenvalue weighted by Gasteiger charge is 2.46. The predicted octanol–water partition coefficient (Wildman–Crippen LogP) is 4.03. The summed E-state index contributed by atoms with van der Waals surface area (Å²) in [5, 5.41) is 0. The summed E-state index contributed by atoms with van der Waals surface area (Å²) in [7, 11) is 1.46. The number of allylic oxidation sites excluding steroid dienone is 5. The van der Waals surface area contributed by atoms with E-state index in [0.717, 1.165) is 36.8 Å². The average Bonchev–Trinajstić information content (AvgIpc) is 2.88. The minimum Gasteiger partial charge on any atom is -0.493 e. The number of hydrogen-bond acceptors (Lipinski definition) is 3. The maximum absolute atomic E-state index is 12.3. The third kappa shape index (κ3) is 2.81. The summed E-state index contributed by atoms with van der Waals surface area (Å²) in [6.45, 7) is 10.1. The lowest BCUT2D eigenvalue weighted by Gasteiger charge is -2.38. The van der Waals surface area contributed by atoms with Crippen LogP contribution in [0.1, 0.15) is 32.6 Å². The predicted molar refractivity (Wildman–Crippen MR) is 94.1 cm³/mol. The number of fused-ring (bicyclic) bond motifs is 3. The van der Waals surface area contributed by atoms with Crippen LogP contribution >= 0.6 is 0 Å². The number of ketones is 2. The summed E-state index contributed by atoms with van der Waals surface area (Å²) in [4.78, 5) is 24.4. The highest BCUT2D eigenvalue weighted by molar-refractivity contribution is 6.02. The highest BCUT2D eigenvalue weighted by atomic mass is 16.5. The van der Waals surface area contributed by atoms with Gasteiger partial charge in [-0.3, -0.25) is 9.59 Å². The number of carbonyl (C=O) groups is 2. The molecule has 0 saturated heterocycles. The molecule has 128 valence electrons. The van der Waals surface area contributed by atoms with Crippen LogP contribution in [-0.2, 0) is 14.3 Å². The fourth-order valence-electron chi connectivity index (χ4n) is 4.85. The fraction of sp³-hybridized carbons (Fsp3) is 0.524. The highest BCUT2D eigenvalue weighted by Crippen LogP contribution is 2.51. The van der Waals surface area contributed by atoms with Crippen LogP contribution in [0.25, 0.3) is 0 Å². The van der Waals surface area contributed by atoms with Gasteiger partial charge in [-0.1, -0.05) is 26.2 Å². The van der Waals surface area contributed by atoms with E-state index < -0.39 is 0 Å². The molecule has 0 bridgehead atoms. The molecule has 3 nitrogen and oxygen atoms in total. The standard InChI is InChI=1S/C21H26O3/c1-12-5-7-16-13(2)15(11-20(23)14(3)24-4)6-8-17(16)18-9-10-19(22)21(12)18/h9-12,16-18,21H,2-3,5-8H2,1,4H3/b15-11-/t12-,16?,17?,18?,21?/m1/s1. The van der Waals surface area contributed by atoms with Crippen LogP contribution in [0.2, 0.25) is 0 Å². The number of ether oxygens (including phenoxy) is 1. The van der Waals surface area contributed by atoms with Crippen molar-refractivity contribution in [2.45, 2.75) is 32.6 Å². The van der Waals surface area contributed by atoms with Crippen molar-refractivity contribution >= 4 is 11.6 Å². The lowest BCUT2D eigenvalue weighted by atomic mass is 9.66. The van der Waals surface area contributed by atoms with Crippen molar-refractivity contribution in [1.29, 1.82) is 0 Å². The van der Waals surface area contributed by atoms with E-state index in [4.69, 9.17) is 4.74 Å². The monoisotopic (exact) mass is 326 g/mol. The van der Waals surface area contributed by atoms with Crippen molar-refractivity contribution in [3.05, 3.63) is 48.3 Å². The molecule has 4 unspecified atom stereocenters. The van der Waals surface area contributed by atoms with Crippen LogP contribution in [0.3, 0.4) is 0 Å². The first kappa shape index (κ1) is 16.9. The Balaban J connectivity index is 1.85.